The number of pyridine rings is 1. The molecule has 1 aromatic carbocycles. The van der Waals surface area contributed by atoms with Gasteiger partial charge in [-0.1, -0.05) is 38.1 Å². The molecule has 1 aromatic heterocycles. The van der Waals surface area contributed by atoms with E-state index in [1.54, 1.807) is 6.07 Å². The van der Waals surface area contributed by atoms with Gasteiger partial charge in [0.2, 0.25) is 0 Å². The summed E-state index contributed by atoms with van der Waals surface area (Å²) in [7, 11) is 0. The lowest BCUT2D eigenvalue weighted by Crippen LogP contribution is -2.34. The predicted molar refractivity (Wildman–Crippen MR) is 102 cm³/mol. The third kappa shape index (κ3) is 3.65. The van der Waals surface area contributed by atoms with Crippen LogP contribution in [0.25, 0.3) is 0 Å². The van der Waals surface area contributed by atoms with Gasteiger partial charge in [0.25, 0.3) is 11.5 Å². The average Bonchev–Trinajstić information content (AvgIpc) is 3.07. The molecule has 3 rings (SSSR count). The minimum atomic E-state index is -0.928. The number of hydrogen-bond acceptors (Lipinski definition) is 3. The molecule has 0 unspecified atom stereocenters. The molecule has 142 valence electrons. The number of benzene rings is 1. The van der Waals surface area contributed by atoms with E-state index in [1.165, 1.54) is 11.0 Å². The van der Waals surface area contributed by atoms with E-state index in [4.69, 9.17) is 0 Å². The van der Waals surface area contributed by atoms with E-state index >= 15 is 0 Å². The smallest absolute Gasteiger partial charge is 0.308 e. The number of carbonyl (C=O) groups excluding carboxylic acids is 1. The van der Waals surface area contributed by atoms with Crippen molar-refractivity contribution < 1.29 is 14.7 Å². The van der Waals surface area contributed by atoms with E-state index in [-0.39, 0.29) is 30.5 Å². The van der Waals surface area contributed by atoms with Gasteiger partial charge in [-0.05, 0) is 36.1 Å². The zero-order valence-corrected chi connectivity index (χ0v) is 15.7. The van der Waals surface area contributed by atoms with E-state index in [0.29, 0.717) is 0 Å². The van der Waals surface area contributed by atoms with Crippen LogP contribution in [0, 0.1) is 12.8 Å². The molecule has 2 atom stereocenters. The molecule has 6 heteroatoms. The molecule has 1 amide bonds. The molecule has 2 heterocycles. The van der Waals surface area contributed by atoms with Gasteiger partial charge >= 0.3 is 5.97 Å². The lowest BCUT2D eigenvalue weighted by atomic mass is 9.86. The Morgan fingerprint density at radius 2 is 1.85 bits per heavy atom. The highest BCUT2D eigenvalue weighted by atomic mass is 16.4. The van der Waals surface area contributed by atoms with Crippen LogP contribution < -0.4 is 5.56 Å². The van der Waals surface area contributed by atoms with Gasteiger partial charge in [0.05, 0.1) is 5.92 Å². The van der Waals surface area contributed by atoms with Crippen molar-refractivity contribution in [3.63, 3.8) is 0 Å². The largest absolute Gasteiger partial charge is 0.481 e. The molecular weight excluding hydrogens is 344 g/mol. The minimum absolute atomic E-state index is 0.0500. The highest BCUT2D eigenvalue weighted by Gasteiger charge is 2.41. The molecule has 2 aromatic rings. The van der Waals surface area contributed by atoms with E-state index in [9.17, 15) is 19.5 Å². The Kier molecular flexibility index (Phi) is 5.17. The molecule has 1 saturated heterocycles. The number of likely N-dealkylation sites (tertiary alicyclic amines) is 1. The normalized spacial score (nSPS) is 19.5. The molecule has 0 bridgehead atoms. The second kappa shape index (κ2) is 7.39. The first-order valence-corrected chi connectivity index (χ1v) is 9.10. The summed E-state index contributed by atoms with van der Waals surface area (Å²) in [6, 6.07) is 10.9. The number of amides is 1. The topological polar surface area (TPSA) is 90.5 Å². The number of carboxylic acids is 1. The minimum Gasteiger partial charge on any atom is -0.481 e. The quantitative estimate of drug-likeness (QED) is 0.868. The average molecular weight is 368 g/mol. The predicted octanol–water partition coefficient (Wildman–Crippen LogP) is 2.75. The fourth-order valence-corrected chi connectivity index (χ4v) is 3.70. The van der Waals surface area contributed by atoms with Crippen LogP contribution in [0.3, 0.4) is 0 Å². The van der Waals surface area contributed by atoms with Crippen molar-refractivity contribution in [1.29, 1.82) is 0 Å². The molecule has 0 radical (unpaired) electrons. The maximum atomic E-state index is 12.9. The zero-order chi connectivity index (χ0) is 19.7. The first kappa shape index (κ1) is 18.9. The van der Waals surface area contributed by atoms with Crippen molar-refractivity contribution in [3.05, 3.63) is 69.1 Å². The van der Waals surface area contributed by atoms with E-state index in [0.717, 1.165) is 16.8 Å². The number of aryl methyl sites for hydroxylation is 1. The zero-order valence-electron chi connectivity index (χ0n) is 15.7. The molecule has 1 aliphatic rings. The van der Waals surface area contributed by atoms with Crippen LogP contribution in [0.1, 0.15) is 52.9 Å². The van der Waals surface area contributed by atoms with Gasteiger partial charge in [-0.3, -0.25) is 14.4 Å². The second-order valence-electron chi connectivity index (χ2n) is 7.43. The molecule has 0 spiro atoms. The number of H-pyrrole nitrogens is 1. The first-order chi connectivity index (χ1) is 12.8. The standard InChI is InChI=1S/C21H24N2O4/c1-12(2)18-9-8-15(19(24)22-18)20(25)23-10-16(17(11-23)21(26)27)14-7-5-4-6-13(14)3/h4-9,12,16-17H,10-11H2,1-3H3,(H,22,24)(H,26,27)/t16-,17+/m0/s1. The van der Waals surface area contributed by atoms with Crippen molar-refractivity contribution in [3.8, 4) is 0 Å². The number of aliphatic carboxylic acids is 1. The summed E-state index contributed by atoms with van der Waals surface area (Å²) >= 11 is 0. The summed E-state index contributed by atoms with van der Waals surface area (Å²) in [6.45, 7) is 6.23. The fourth-order valence-electron chi connectivity index (χ4n) is 3.70. The summed E-state index contributed by atoms with van der Waals surface area (Å²) in [6.07, 6.45) is 0. The second-order valence-corrected chi connectivity index (χ2v) is 7.43. The summed E-state index contributed by atoms with van der Waals surface area (Å²) < 4.78 is 0. The monoisotopic (exact) mass is 368 g/mol. The summed E-state index contributed by atoms with van der Waals surface area (Å²) in [5, 5.41) is 9.65. The number of carbonyl (C=O) groups is 2. The van der Waals surface area contributed by atoms with Gasteiger partial charge in [-0.25, -0.2) is 0 Å². The fraction of sp³-hybridized carbons (Fsp3) is 0.381. The lowest BCUT2D eigenvalue weighted by Gasteiger charge is -2.18. The highest BCUT2D eigenvalue weighted by molar-refractivity contribution is 5.94. The van der Waals surface area contributed by atoms with Crippen LogP contribution >= 0.6 is 0 Å². The first-order valence-electron chi connectivity index (χ1n) is 9.10. The molecule has 0 saturated carbocycles. The number of nitrogens with zero attached hydrogens (tertiary/aromatic N) is 1. The van der Waals surface area contributed by atoms with Crippen LogP contribution in [0.5, 0.6) is 0 Å². The van der Waals surface area contributed by atoms with E-state index in [1.807, 2.05) is 45.0 Å². The van der Waals surface area contributed by atoms with Gasteiger partial charge in [0, 0.05) is 24.7 Å². The van der Waals surface area contributed by atoms with Gasteiger partial charge in [0.15, 0.2) is 0 Å². The van der Waals surface area contributed by atoms with Gasteiger partial charge < -0.3 is 15.0 Å². The van der Waals surface area contributed by atoms with Crippen molar-refractivity contribution in [2.24, 2.45) is 5.92 Å². The Bertz CT molecular complexity index is 932. The number of rotatable bonds is 4. The van der Waals surface area contributed by atoms with Crippen LogP contribution in [0.15, 0.2) is 41.2 Å². The third-order valence-electron chi connectivity index (χ3n) is 5.30. The summed E-state index contributed by atoms with van der Waals surface area (Å²) in [5.41, 5.74) is 2.32. The molecular formula is C21H24N2O4. The summed E-state index contributed by atoms with van der Waals surface area (Å²) in [4.78, 5) is 41.2. The number of carboxylic acid groups (broad SMARTS) is 1. The van der Waals surface area contributed by atoms with E-state index in [2.05, 4.69) is 4.98 Å². The third-order valence-corrected chi connectivity index (χ3v) is 5.30. The number of nitrogens with one attached hydrogen (secondary N) is 1. The lowest BCUT2D eigenvalue weighted by molar-refractivity contribution is -0.141. The van der Waals surface area contributed by atoms with Crippen molar-refractivity contribution in [2.45, 2.75) is 32.6 Å². The van der Waals surface area contributed by atoms with E-state index < -0.39 is 23.4 Å². The Morgan fingerprint density at radius 3 is 2.44 bits per heavy atom. The Balaban J connectivity index is 1.90. The molecule has 2 N–H and O–H groups in total. The van der Waals surface area contributed by atoms with Crippen molar-refractivity contribution in [2.75, 3.05) is 13.1 Å². The molecule has 1 aliphatic heterocycles. The number of hydrogen-bond donors (Lipinski definition) is 2. The van der Waals surface area contributed by atoms with Crippen molar-refractivity contribution in [1.82, 2.24) is 9.88 Å². The van der Waals surface area contributed by atoms with Crippen LogP contribution in [-0.4, -0.2) is 40.0 Å². The van der Waals surface area contributed by atoms with Gasteiger partial charge in [-0.2, -0.15) is 0 Å². The highest BCUT2D eigenvalue weighted by Crippen LogP contribution is 2.35. The Morgan fingerprint density at radius 1 is 1.15 bits per heavy atom. The molecule has 0 aliphatic carbocycles. The number of aromatic amines is 1. The summed E-state index contributed by atoms with van der Waals surface area (Å²) in [5.74, 6) is -2.18. The number of aromatic nitrogens is 1. The van der Waals surface area contributed by atoms with Crippen LogP contribution in [-0.2, 0) is 4.79 Å². The SMILES string of the molecule is Cc1ccccc1[C@@H]1CN(C(=O)c2ccc(C(C)C)[nH]c2=O)C[C@H]1C(=O)O. The van der Waals surface area contributed by atoms with Crippen LogP contribution in [0.4, 0.5) is 0 Å². The molecule has 27 heavy (non-hydrogen) atoms. The van der Waals surface area contributed by atoms with Gasteiger partial charge in [0.1, 0.15) is 5.56 Å². The molecule has 6 nitrogen and oxygen atoms in total. The Hall–Kier alpha value is -2.89. The Labute approximate surface area is 157 Å². The van der Waals surface area contributed by atoms with Crippen LogP contribution in [0.2, 0.25) is 0 Å². The maximum Gasteiger partial charge on any atom is 0.308 e. The molecule has 1 fully saturated rings. The van der Waals surface area contributed by atoms with Crippen molar-refractivity contribution >= 4 is 11.9 Å². The van der Waals surface area contributed by atoms with Gasteiger partial charge in [-0.15, -0.1) is 0 Å². The maximum absolute atomic E-state index is 12.9.